The Morgan fingerprint density at radius 2 is 1.86 bits per heavy atom. The van der Waals surface area contributed by atoms with E-state index in [0.717, 1.165) is 26.9 Å². The number of methoxy groups -OCH3 is 1. The average molecular weight is 483 g/mol. The summed E-state index contributed by atoms with van der Waals surface area (Å²) < 4.78 is 14.7. The van der Waals surface area contributed by atoms with Gasteiger partial charge in [-0.05, 0) is 23.8 Å². The number of aromatic nitrogens is 3. The zero-order valence-electron chi connectivity index (χ0n) is 19.0. The van der Waals surface area contributed by atoms with Gasteiger partial charge in [-0.25, -0.2) is 4.98 Å². The maximum absolute atomic E-state index is 12.9. The Morgan fingerprint density at radius 1 is 1.03 bits per heavy atom. The molecule has 7 nitrogen and oxygen atoms in total. The van der Waals surface area contributed by atoms with Crippen molar-refractivity contribution in [3.8, 4) is 16.6 Å². The first-order valence-electron chi connectivity index (χ1n) is 11.3. The van der Waals surface area contributed by atoms with Crippen molar-refractivity contribution >= 4 is 33.3 Å². The highest BCUT2D eigenvalue weighted by atomic mass is 32.1. The second-order valence-electron chi connectivity index (χ2n) is 8.28. The number of hydrogen-bond acceptors (Lipinski definition) is 6. The molecule has 3 heterocycles. The van der Waals surface area contributed by atoms with E-state index in [9.17, 15) is 4.79 Å². The van der Waals surface area contributed by atoms with Crippen molar-refractivity contribution in [3.05, 3.63) is 95.7 Å². The van der Waals surface area contributed by atoms with Crippen molar-refractivity contribution in [1.29, 1.82) is 0 Å². The Labute approximate surface area is 206 Å². The monoisotopic (exact) mass is 482 g/mol. The van der Waals surface area contributed by atoms with E-state index in [0.29, 0.717) is 29.1 Å². The molecule has 0 radical (unpaired) electrons. The van der Waals surface area contributed by atoms with Gasteiger partial charge in [0.2, 0.25) is 11.0 Å². The van der Waals surface area contributed by atoms with Crippen molar-refractivity contribution in [2.75, 3.05) is 12.4 Å². The standard InChI is InChI=1S/C27H22N4O3S/c1-33-22-12-7-10-18(25(22)34-16-17-8-3-2-4-9-17)19-14-24(32)30-26-20(19)15-28-31(26)27-29-21-11-5-6-13-23(21)35-27/h2-13,15,19H,14,16H2,1H3,(H,30,32)/t19-/m1/s1. The number of nitrogens with one attached hydrogen (secondary N) is 1. The maximum Gasteiger partial charge on any atom is 0.226 e. The average Bonchev–Trinajstić information content (AvgIpc) is 3.51. The predicted octanol–water partition coefficient (Wildman–Crippen LogP) is 5.54. The lowest BCUT2D eigenvalue weighted by Crippen LogP contribution is -2.25. The highest BCUT2D eigenvalue weighted by Crippen LogP contribution is 2.45. The maximum atomic E-state index is 12.9. The molecule has 1 N–H and O–H groups in total. The molecule has 1 aliphatic heterocycles. The van der Waals surface area contributed by atoms with Crippen LogP contribution in [0.4, 0.5) is 5.82 Å². The fraction of sp³-hybridized carbons (Fsp3) is 0.148. The molecule has 8 heteroatoms. The molecule has 174 valence electrons. The Bertz CT molecular complexity index is 1490. The van der Waals surface area contributed by atoms with Crippen molar-refractivity contribution in [3.63, 3.8) is 0 Å². The van der Waals surface area contributed by atoms with Crippen LogP contribution in [0.5, 0.6) is 11.5 Å². The van der Waals surface area contributed by atoms with Gasteiger partial charge in [-0.15, -0.1) is 0 Å². The summed E-state index contributed by atoms with van der Waals surface area (Å²) in [5.74, 6) is 1.59. The van der Waals surface area contributed by atoms with Crippen molar-refractivity contribution < 1.29 is 14.3 Å². The van der Waals surface area contributed by atoms with Gasteiger partial charge in [-0.1, -0.05) is 65.9 Å². The second kappa shape index (κ2) is 8.88. The summed E-state index contributed by atoms with van der Waals surface area (Å²) in [5.41, 5.74) is 3.76. The van der Waals surface area contributed by atoms with Gasteiger partial charge in [0.25, 0.3) is 0 Å². The zero-order chi connectivity index (χ0) is 23.8. The minimum absolute atomic E-state index is 0.0813. The van der Waals surface area contributed by atoms with E-state index in [2.05, 4.69) is 10.4 Å². The van der Waals surface area contributed by atoms with Crippen LogP contribution in [0.25, 0.3) is 15.3 Å². The van der Waals surface area contributed by atoms with Gasteiger partial charge in [0.15, 0.2) is 11.5 Å². The van der Waals surface area contributed by atoms with Gasteiger partial charge in [-0.3, -0.25) is 4.79 Å². The van der Waals surface area contributed by atoms with Crippen LogP contribution in [0, 0.1) is 0 Å². The Morgan fingerprint density at radius 3 is 2.69 bits per heavy atom. The number of nitrogens with zero attached hydrogens (tertiary/aromatic N) is 3. The highest BCUT2D eigenvalue weighted by Gasteiger charge is 2.33. The van der Waals surface area contributed by atoms with Gasteiger partial charge >= 0.3 is 0 Å². The quantitative estimate of drug-likeness (QED) is 0.344. The molecule has 1 aliphatic rings. The molecule has 0 saturated heterocycles. The minimum atomic E-state index is -0.234. The molecule has 1 atom stereocenters. The molecule has 0 spiro atoms. The zero-order valence-corrected chi connectivity index (χ0v) is 19.8. The normalized spacial score (nSPS) is 15.0. The molecule has 0 bridgehead atoms. The lowest BCUT2D eigenvalue weighted by atomic mass is 9.86. The van der Waals surface area contributed by atoms with Crippen molar-refractivity contribution in [1.82, 2.24) is 14.8 Å². The van der Waals surface area contributed by atoms with Crippen LogP contribution in [0.1, 0.15) is 29.0 Å². The third-order valence-corrected chi connectivity index (χ3v) is 7.13. The smallest absolute Gasteiger partial charge is 0.226 e. The summed E-state index contributed by atoms with van der Waals surface area (Å²) in [6.45, 7) is 0.394. The first-order valence-corrected chi connectivity index (χ1v) is 12.1. The van der Waals surface area contributed by atoms with E-state index in [-0.39, 0.29) is 18.2 Å². The molecule has 35 heavy (non-hydrogen) atoms. The van der Waals surface area contributed by atoms with Gasteiger partial charge in [-0.2, -0.15) is 9.78 Å². The molecule has 0 fully saturated rings. The van der Waals surface area contributed by atoms with Crippen molar-refractivity contribution in [2.45, 2.75) is 18.9 Å². The van der Waals surface area contributed by atoms with E-state index in [1.807, 2.05) is 79.0 Å². The second-order valence-corrected chi connectivity index (χ2v) is 9.29. The number of carbonyl (C=O) groups excluding carboxylic acids is 1. The van der Waals surface area contributed by atoms with E-state index in [4.69, 9.17) is 14.5 Å². The third kappa shape index (κ3) is 3.91. The van der Waals surface area contributed by atoms with Crippen LogP contribution in [-0.4, -0.2) is 27.8 Å². The van der Waals surface area contributed by atoms with E-state index < -0.39 is 0 Å². The molecule has 0 saturated carbocycles. The highest BCUT2D eigenvalue weighted by molar-refractivity contribution is 7.20. The largest absolute Gasteiger partial charge is 0.493 e. The number of ether oxygens (including phenoxy) is 2. The molecule has 2 aromatic heterocycles. The molecule has 0 aliphatic carbocycles. The number of rotatable bonds is 6. The van der Waals surface area contributed by atoms with Crippen LogP contribution >= 0.6 is 11.3 Å². The van der Waals surface area contributed by atoms with Gasteiger partial charge in [0.05, 0.1) is 23.5 Å². The number of amides is 1. The van der Waals surface area contributed by atoms with Crippen LogP contribution in [0.3, 0.4) is 0 Å². The number of para-hydroxylation sites is 2. The summed E-state index contributed by atoms with van der Waals surface area (Å²) in [4.78, 5) is 17.6. The Balaban J connectivity index is 1.41. The van der Waals surface area contributed by atoms with Crippen LogP contribution in [-0.2, 0) is 11.4 Å². The van der Waals surface area contributed by atoms with Crippen molar-refractivity contribution in [2.24, 2.45) is 0 Å². The summed E-state index contributed by atoms with van der Waals surface area (Å²) in [5, 5.41) is 8.34. The molecule has 5 aromatic rings. The van der Waals surface area contributed by atoms with Crippen LogP contribution in [0.2, 0.25) is 0 Å². The van der Waals surface area contributed by atoms with Gasteiger partial charge in [0.1, 0.15) is 12.4 Å². The Kier molecular flexibility index (Phi) is 5.42. The predicted molar refractivity (Wildman–Crippen MR) is 136 cm³/mol. The summed E-state index contributed by atoms with van der Waals surface area (Å²) >= 11 is 1.53. The van der Waals surface area contributed by atoms with E-state index in [1.54, 1.807) is 11.8 Å². The summed E-state index contributed by atoms with van der Waals surface area (Å²) in [6, 6.07) is 23.7. The summed E-state index contributed by atoms with van der Waals surface area (Å²) in [6.07, 6.45) is 2.10. The fourth-order valence-electron chi connectivity index (χ4n) is 4.44. The molecular formula is C27H22N4O3S. The first-order chi connectivity index (χ1) is 17.2. The molecule has 1 amide bonds. The topological polar surface area (TPSA) is 78.3 Å². The molecule has 3 aromatic carbocycles. The van der Waals surface area contributed by atoms with Gasteiger partial charge < -0.3 is 14.8 Å². The third-order valence-electron chi connectivity index (χ3n) is 6.11. The molecular weight excluding hydrogens is 460 g/mol. The number of benzene rings is 3. The number of thiazole rings is 1. The van der Waals surface area contributed by atoms with E-state index >= 15 is 0 Å². The first kappa shape index (κ1) is 21.4. The number of anilines is 1. The van der Waals surface area contributed by atoms with Crippen LogP contribution < -0.4 is 14.8 Å². The number of hydrogen-bond donors (Lipinski definition) is 1. The van der Waals surface area contributed by atoms with Gasteiger partial charge in [0, 0.05) is 23.5 Å². The Hall–Kier alpha value is -4.17. The van der Waals surface area contributed by atoms with E-state index in [1.165, 1.54) is 11.3 Å². The summed E-state index contributed by atoms with van der Waals surface area (Å²) in [7, 11) is 1.62. The molecule has 6 rings (SSSR count). The lowest BCUT2D eigenvalue weighted by molar-refractivity contribution is -0.116. The lowest BCUT2D eigenvalue weighted by Gasteiger charge is -2.26. The fourth-order valence-corrected chi connectivity index (χ4v) is 5.38. The number of fused-ring (bicyclic) bond motifs is 2. The minimum Gasteiger partial charge on any atom is -0.493 e. The number of carbonyl (C=O) groups is 1. The van der Waals surface area contributed by atoms with Crippen LogP contribution in [0.15, 0.2) is 79.0 Å². The molecule has 0 unspecified atom stereocenters. The SMILES string of the molecule is COc1cccc([C@H]2CC(=O)Nc3c2cnn3-c2nc3ccccc3s2)c1OCc1ccccc1.